The van der Waals surface area contributed by atoms with Crippen LogP contribution >= 0.6 is 7.82 Å². The fourth-order valence-corrected chi connectivity index (χ4v) is 3.30. The molecule has 1 aliphatic rings. The second-order valence-electron chi connectivity index (χ2n) is 5.37. The van der Waals surface area contributed by atoms with Crippen molar-refractivity contribution in [2.75, 3.05) is 26.6 Å². The Hall–Kier alpha value is -1.82. The maximum Gasteiger partial charge on any atom is 0.280 e. The van der Waals surface area contributed by atoms with Crippen molar-refractivity contribution in [3.05, 3.63) is 16.7 Å². The fraction of sp³-hybridized carbons (Fsp3) is 0.583. The van der Waals surface area contributed by atoms with Gasteiger partial charge in [-0.3, -0.25) is 18.9 Å². The minimum absolute atomic E-state index is 0.0677. The lowest BCUT2D eigenvalue weighted by atomic mass is 10.2. The molecule has 1 saturated heterocycles. The number of phosphoric acid groups is 1. The van der Waals surface area contributed by atoms with Crippen LogP contribution in [-0.4, -0.2) is 52.6 Å². The summed E-state index contributed by atoms with van der Waals surface area (Å²) in [7, 11) is -1.99. The predicted molar refractivity (Wildman–Crippen MR) is 82.5 cm³/mol. The van der Waals surface area contributed by atoms with Crippen LogP contribution in [0.4, 0.5) is 5.95 Å². The van der Waals surface area contributed by atoms with Crippen molar-refractivity contribution in [1.82, 2.24) is 19.5 Å². The summed E-state index contributed by atoms with van der Waals surface area (Å²) < 4.78 is 33.3. The Bertz CT molecular complexity index is 867. The summed E-state index contributed by atoms with van der Waals surface area (Å²) >= 11 is 0. The third kappa shape index (κ3) is 3.59. The van der Waals surface area contributed by atoms with Gasteiger partial charge in [-0.25, -0.2) is 4.98 Å². The number of hydrogen-bond donors (Lipinski definition) is 2. The van der Waals surface area contributed by atoms with E-state index in [0.29, 0.717) is 0 Å². The monoisotopic (exact) mass is 374 g/mol. The minimum Gasteiger partial charge on any atom is -0.756 e. The zero-order chi connectivity index (χ0) is 18.2. The number of hydrogen-bond acceptors (Lipinski definition) is 10. The molecule has 1 fully saturated rings. The van der Waals surface area contributed by atoms with E-state index in [1.54, 1.807) is 0 Å². The van der Waals surface area contributed by atoms with E-state index in [1.165, 1.54) is 18.0 Å². The van der Waals surface area contributed by atoms with Gasteiger partial charge in [0.15, 0.2) is 11.2 Å². The number of phosphoric ester groups is 1. The van der Waals surface area contributed by atoms with Gasteiger partial charge in [-0.1, -0.05) is 0 Å². The molecule has 3 rings (SSSR count). The number of fused-ring (bicyclic) bond motifs is 1. The molecule has 0 bridgehead atoms. The average molecular weight is 374 g/mol. The van der Waals surface area contributed by atoms with Crippen LogP contribution in [0.2, 0.25) is 0 Å². The van der Waals surface area contributed by atoms with Crippen LogP contribution < -0.4 is 16.2 Å². The van der Waals surface area contributed by atoms with E-state index < -0.39 is 31.8 Å². The number of aromatic amines is 1. The highest BCUT2D eigenvalue weighted by molar-refractivity contribution is 7.45. The molecule has 13 heteroatoms. The van der Waals surface area contributed by atoms with Crippen molar-refractivity contribution < 1.29 is 28.0 Å². The molecule has 2 aromatic heterocycles. The van der Waals surface area contributed by atoms with Crippen LogP contribution in [-0.2, 0) is 23.1 Å². The first kappa shape index (κ1) is 18.0. The van der Waals surface area contributed by atoms with E-state index in [2.05, 4.69) is 19.5 Å². The molecule has 12 nitrogen and oxygen atoms in total. The number of nitrogens with two attached hydrogens (primary N) is 1. The Kier molecular flexibility index (Phi) is 4.91. The topological polar surface area (TPSA) is 167 Å². The molecule has 1 aliphatic heterocycles. The van der Waals surface area contributed by atoms with Crippen LogP contribution in [0, 0.1) is 0 Å². The molecule has 0 radical (unpaired) electrons. The Morgan fingerprint density at radius 3 is 3.00 bits per heavy atom. The zero-order valence-corrected chi connectivity index (χ0v) is 14.3. The molecule has 138 valence electrons. The van der Waals surface area contributed by atoms with Crippen LogP contribution in [0.25, 0.3) is 11.2 Å². The molecule has 0 amide bonds. The summed E-state index contributed by atoms with van der Waals surface area (Å²) in [6, 6.07) is 0. The van der Waals surface area contributed by atoms with Crippen LogP contribution in [0.5, 0.6) is 0 Å². The van der Waals surface area contributed by atoms with Crippen molar-refractivity contribution in [3.8, 4) is 0 Å². The third-order valence-electron chi connectivity index (χ3n) is 3.76. The first-order valence-electron chi connectivity index (χ1n) is 7.26. The first-order valence-corrected chi connectivity index (χ1v) is 8.72. The summed E-state index contributed by atoms with van der Waals surface area (Å²) in [5.74, 6) is -0.0677. The summed E-state index contributed by atoms with van der Waals surface area (Å²) in [6.07, 6.45) is -0.630. The molecule has 25 heavy (non-hydrogen) atoms. The first-order chi connectivity index (χ1) is 11.8. The van der Waals surface area contributed by atoms with Crippen molar-refractivity contribution in [2.24, 2.45) is 0 Å². The molecule has 3 heterocycles. The van der Waals surface area contributed by atoms with Crippen molar-refractivity contribution in [3.63, 3.8) is 0 Å². The molecule has 2 aromatic rings. The van der Waals surface area contributed by atoms with Gasteiger partial charge < -0.3 is 29.1 Å². The molecule has 3 N–H and O–H groups in total. The SMILES string of the molecule is COC[C@H]1O[C@@H](n2cnc3c(=O)[nH]c(N)nc32)C[C@H]1OP(=O)([O-])OC. The average Bonchev–Trinajstić information content (AvgIpc) is 3.12. The third-order valence-corrected chi connectivity index (χ3v) is 4.74. The van der Waals surface area contributed by atoms with Gasteiger partial charge in [0.1, 0.15) is 12.3 Å². The normalized spacial score (nSPS) is 26.1. The number of nitrogen functional groups attached to an aromatic ring is 1. The maximum atomic E-state index is 11.9. The summed E-state index contributed by atoms with van der Waals surface area (Å²) in [5, 5.41) is 0. The second-order valence-corrected chi connectivity index (χ2v) is 6.84. The zero-order valence-electron chi connectivity index (χ0n) is 13.4. The van der Waals surface area contributed by atoms with Crippen molar-refractivity contribution in [2.45, 2.75) is 24.9 Å². The van der Waals surface area contributed by atoms with Gasteiger partial charge in [-0.2, -0.15) is 4.98 Å². The standard InChI is InChI=1S/C12H18N5O7P/c1-21-4-7-6(24-25(19,20)22-2)3-8(23-7)17-5-14-9-10(17)15-12(13)16-11(9)18/h5-8H,3-4H2,1-2H3,(H,19,20)(H3,13,15,16,18)/p-1/t6-,7-,8-/m1/s1. The maximum absolute atomic E-state index is 11.9. The molecule has 4 atom stereocenters. The Balaban J connectivity index is 1.91. The number of methoxy groups -OCH3 is 1. The summed E-state index contributed by atoms with van der Waals surface area (Å²) in [4.78, 5) is 33.9. The molecule has 1 unspecified atom stereocenters. The van der Waals surface area contributed by atoms with Crippen LogP contribution in [0.1, 0.15) is 12.6 Å². The number of ether oxygens (including phenoxy) is 2. The Morgan fingerprint density at radius 1 is 1.56 bits per heavy atom. The van der Waals surface area contributed by atoms with Gasteiger partial charge in [0, 0.05) is 20.6 Å². The minimum atomic E-state index is -4.45. The Labute approximate surface area is 141 Å². The van der Waals surface area contributed by atoms with Gasteiger partial charge >= 0.3 is 0 Å². The predicted octanol–water partition coefficient (Wildman–Crippen LogP) is -0.864. The molecule has 0 aliphatic carbocycles. The number of anilines is 1. The van der Waals surface area contributed by atoms with Crippen molar-refractivity contribution in [1.29, 1.82) is 0 Å². The highest BCUT2D eigenvalue weighted by Gasteiger charge is 2.39. The van der Waals surface area contributed by atoms with E-state index in [9.17, 15) is 14.3 Å². The van der Waals surface area contributed by atoms with Gasteiger partial charge in [-0.05, 0) is 0 Å². The van der Waals surface area contributed by atoms with Crippen molar-refractivity contribution >= 4 is 24.9 Å². The lowest BCUT2D eigenvalue weighted by molar-refractivity contribution is -0.229. The fourth-order valence-electron chi connectivity index (χ4n) is 2.66. The van der Waals surface area contributed by atoms with E-state index in [1.807, 2.05) is 0 Å². The van der Waals surface area contributed by atoms with Gasteiger partial charge in [0.05, 0.1) is 19.0 Å². The summed E-state index contributed by atoms with van der Waals surface area (Å²) in [5.41, 5.74) is 5.40. The second kappa shape index (κ2) is 6.83. The van der Waals surface area contributed by atoms with Crippen LogP contribution in [0.3, 0.4) is 0 Å². The van der Waals surface area contributed by atoms with Gasteiger partial charge in [-0.15, -0.1) is 0 Å². The number of imidazole rings is 1. The number of rotatable bonds is 6. The van der Waals surface area contributed by atoms with E-state index in [-0.39, 0.29) is 30.1 Å². The molecular formula is C12H17N5O7P-. The van der Waals surface area contributed by atoms with E-state index in [4.69, 9.17) is 19.7 Å². The molecule has 0 saturated carbocycles. The lowest BCUT2D eigenvalue weighted by Gasteiger charge is -2.26. The number of nitrogens with one attached hydrogen (secondary N) is 1. The van der Waals surface area contributed by atoms with E-state index >= 15 is 0 Å². The number of H-pyrrole nitrogens is 1. The quantitative estimate of drug-likeness (QED) is 0.607. The highest BCUT2D eigenvalue weighted by Crippen LogP contribution is 2.44. The van der Waals surface area contributed by atoms with Crippen LogP contribution in [0.15, 0.2) is 11.1 Å². The Morgan fingerprint density at radius 2 is 2.32 bits per heavy atom. The van der Waals surface area contributed by atoms with Gasteiger partial charge in [0.2, 0.25) is 5.95 Å². The summed E-state index contributed by atoms with van der Waals surface area (Å²) in [6.45, 7) is 0.105. The molecular weight excluding hydrogens is 357 g/mol. The smallest absolute Gasteiger partial charge is 0.280 e. The number of nitrogens with zero attached hydrogens (tertiary/aromatic N) is 3. The highest BCUT2D eigenvalue weighted by atomic mass is 31.2. The molecule has 0 aromatic carbocycles. The molecule has 0 spiro atoms. The number of aromatic nitrogens is 4. The lowest BCUT2D eigenvalue weighted by Crippen LogP contribution is -2.29. The largest absolute Gasteiger partial charge is 0.756 e. The van der Waals surface area contributed by atoms with E-state index in [0.717, 1.165) is 7.11 Å². The van der Waals surface area contributed by atoms with Gasteiger partial charge in [0.25, 0.3) is 13.4 Å².